The van der Waals surface area contributed by atoms with Crippen molar-refractivity contribution < 1.29 is 14.0 Å². The highest BCUT2D eigenvalue weighted by atomic mass is 16.7. The van der Waals surface area contributed by atoms with Gasteiger partial charge in [-0.2, -0.15) is 0 Å². The lowest BCUT2D eigenvalue weighted by atomic mass is 9.71. The van der Waals surface area contributed by atoms with Gasteiger partial charge in [-0.05, 0) is 74.0 Å². The second kappa shape index (κ2) is 15.6. The van der Waals surface area contributed by atoms with Crippen molar-refractivity contribution in [3.05, 3.63) is 0 Å². The maximum absolute atomic E-state index is 7.19. The van der Waals surface area contributed by atoms with Gasteiger partial charge in [0.2, 0.25) is 0 Å². The minimum absolute atomic E-state index is 0.343. The highest BCUT2D eigenvalue weighted by Crippen LogP contribution is 2.44. The van der Waals surface area contributed by atoms with Crippen LogP contribution in [0, 0.1) is 35.5 Å². The Balaban J connectivity index is 1.18. The maximum Gasteiger partial charge on any atom is 0.640 e. The SMILES string of the molecule is C1CCC(C2CCCCC2OB(OC2CCCCC2C2CCCCC2)OC2CCCCC2C2CCCCC2)CC1. The van der Waals surface area contributed by atoms with Gasteiger partial charge in [0.25, 0.3) is 0 Å². The van der Waals surface area contributed by atoms with E-state index in [9.17, 15) is 0 Å². The molecule has 6 aliphatic carbocycles. The third-order valence-electron chi connectivity index (χ3n) is 12.9. The van der Waals surface area contributed by atoms with Gasteiger partial charge in [-0.1, -0.05) is 135 Å². The molecule has 0 spiro atoms. The Morgan fingerprint density at radius 2 is 0.525 bits per heavy atom. The lowest BCUT2D eigenvalue weighted by Crippen LogP contribution is -2.48. The van der Waals surface area contributed by atoms with Crippen LogP contribution < -0.4 is 0 Å². The molecule has 0 aromatic rings. The highest BCUT2D eigenvalue weighted by Gasteiger charge is 2.44. The van der Waals surface area contributed by atoms with Crippen molar-refractivity contribution >= 4 is 7.32 Å². The lowest BCUT2D eigenvalue weighted by molar-refractivity contribution is -0.0742. The minimum atomic E-state index is -0.433. The van der Waals surface area contributed by atoms with Gasteiger partial charge in [0.1, 0.15) is 0 Å². The zero-order valence-electron chi connectivity index (χ0n) is 26.1. The molecule has 6 saturated carbocycles. The molecule has 0 saturated heterocycles. The van der Waals surface area contributed by atoms with E-state index in [1.807, 2.05) is 0 Å². The van der Waals surface area contributed by atoms with Crippen molar-refractivity contribution in [3.8, 4) is 0 Å². The van der Waals surface area contributed by atoms with Gasteiger partial charge < -0.3 is 14.0 Å². The average Bonchev–Trinajstić information content (AvgIpc) is 3.03. The second-order valence-corrected chi connectivity index (χ2v) is 15.4. The van der Waals surface area contributed by atoms with Gasteiger partial charge in [-0.3, -0.25) is 0 Å². The predicted molar refractivity (Wildman–Crippen MR) is 166 cm³/mol. The Morgan fingerprint density at radius 3 is 0.825 bits per heavy atom. The molecular formula is C36H63BO3. The fourth-order valence-corrected chi connectivity index (χ4v) is 10.7. The van der Waals surface area contributed by atoms with E-state index in [2.05, 4.69) is 0 Å². The molecule has 0 aliphatic heterocycles. The summed E-state index contributed by atoms with van der Waals surface area (Å²) < 4.78 is 21.6. The van der Waals surface area contributed by atoms with Crippen LogP contribution in [0.3, 0.4) is 0 Å². The standard InChI is InChI=1S/C36H63BO3/c1-4-16-28(17-5-1)31-22-10-13-25-34(31)38-37(39-35-26-14-11-23-32(35)29-18-6-2-7-19-29)40-36-27-15-12-24-33(36)30-20-8-3-9-21-30/h28-36H,1-27H2. The van der Waals surface area contributed by atoms with E-state index in [4.69, 9.17) is 14.0 Å². The lowest BCUT2D eigenvalue weighted by Gasteiger charge is -2.44. The molecule has 0 aromatic heterocycles. The van der Waals surface area contributed by atoms with Gasteiger partial charge in [0.15, 0.2) is 0 Å². The molecule has 3 nitrogen and oxygen atoms in total. The van der Waals surface area contributed by atoms with Crippen molar-refractivity contribution in [3.63, 3.8) is 0 Å². The highest BCUT2D eigenvalue weighted by molar-refractivity contribution is 6.36. The molecule has 0 aromatic carbocycles. The van der Waals surface area contributed by atoms with Crippen LogP contribution in [0.2, 0.25) is 0 Å². The molecule has 6 rings (SSSR count). The first-order chi connectivity index (χ1) is 19.8. The summed E-state index contributed by atoms with van der Waals surface area (Å²) in [6.45, 7) is 0. The summed E-state index contributed by atoms with van der Waals surface area (Å²) in [6, 6.07) is 0. The molecule has 0 N–H and O–H groups in total. The molecule has 6 fully saturated rings. The molecule has 6 aliphatic rings. The van der Waals surface area contributed by atoms with Crippen LogP contribution in [0.4, 0.5) is 0 Å². The first-order valence-corrected chi connectivity index (χ1v) is 18.8. The molecule has 228 valence electrons. The Labute approximate surface area is 248 Å². The van der Waals surface area contributed by atoms with E-state index >= 15 is 0 Å². The number of hydrogen-bond acceptors (Lipinski definition) is 3. The van der Waals surface area contributed by atoms with Gasteiger partial charge in [0.05, 0.1) is 0 Å². The monoisotopic (exact) mass is 554 g/mol. The van der Waals surface area contributed by atoms with Crippen molar-refractivity contribution in [2.24, 2.45) is 35.5 Å². The van der Waals surface area contributed by atoms with Crippen LogP contribution in [0.15, 0.2) is 0 Å². The maximum atomic E-state index is 7.19. The van der Waals surface area contributed by atoms with E-state index in [0.29, 0.717) is 18.3 Å². The average molecular weight is 555 g/mol. The minimum Gasteiger partial charge on any atom is -0.383 e. The molecule has 0 radical (unpaired) electrons. The van der Waals surface area contributed by atoms with Crippen LogP contribution >= 0.6 is 0 Å². The Bertz CT molecular complexity index is 618. The predicted octanol–water partition coefficient (Wildman–Crippen LogP) is 10.4. The van der Waals surface area contributed by atoms with E-state index < -0.39 is 7.32 Å². The summed E-state index contributed by atoms with van der Waals surface area (Å²) in [7, 11) is -0.433. The summed E-state index contributed by atoms with van der Waals surface area (Å²) in [6.07, 6.45) is 38.4. The third-order valence-corrected chi connectivity index (χ3v) is 12.9. The molecule has 40 heavy (non-hydrogen) atoms. The normalized spacial score (nSPS) is 37.8. The van der Waals surface area contributed by atoms with Gasteiger partial charge >= 0.3 is 7.32 Å². The molecule has 0 bridgehead atoms. The quantitative estimate of drug-likeness (QED) is 0.265. The smallest absolute Gasteiger partial charge is 0.383 e. The van der Waals surface area contributed by atoms with Crippen molar-refractivity contribution in [1.82, 2.24) is 0 Å². The summed E-state index contributed by atoms with van der Waals surface area (Å²) >= 11 is 0. The van der Waals surface area contributed by atoms with Gasteiger partial charge in [-0.15, -0.1) is 0 Å². The van der Waals surface area contributed by atoms with E-state index in [1.54, 1.807) is 0 Å². The molecular weight excluding hydrogens is 491 g/mol. The van der Waals surface area contributed by atoms with Crippen LogP contribution in [0.5, 0.6) is 0 Å². The third kappa shape index (κ3) is 7.90. The molecule has 4 heteroatoms. The first kappa shape index (κ1) is 30.0. The van der Waals surface area contributed by atoms with E-state index in [-0.39, 0.29) is 0 Å². The van der Waals surface area contributed by atoms with Crippen LogP contribution in [-0.4, -0.2) is 25.6 Å². The zero-order valence-corrected chi connectivity index (χ0v) is 26.1. The summed E-state index contributed by atoms with van der Waals surface area (Å²) in [5, 5.41) is 0. The summed E-state index contributed by atoms with van der Waals surface area (Å²) in [5.41, 5.74) is 0. The summed E-state index contributed by atoms with van der Waals surface area (Å²) in [5.74, 6) is 4.79. The Kier molecular flexibility index (Phi) is 11.7. The second-order valence-electron chi connectivity index (χ2n) is 15.4. The van der Waals surface area contributed by atoms with Crippen LogP contribution in [-0.2, 0) is 14.0 Å². The zero-order chi connectivity index (χ0) is 27.0. The van der Waals surface area contributed by atoms with E-state index in [0.717, 1.165) is 35.5 Å². The molecule has 6 atom stereocenters. The van der Waals surface area contributed by atoms with Gasteiger partial charge in [-0.25, -0.2) is 0 Å². The van der Waals surface area contributed by atoms with Crippen molar-refractivity contribution in [2.75, 3.05) is 0 Å². The fraction of sp³-hybridized carbons (Fsp3) is 1.00. The first-order valence-electron chi connectivity index (χ1n) is 18.8. The van der Waals surface area contributed by atoms with E-state index in [1.165, 1.54) is 173 Å². The van der Waals surface area contributed by atoms with Crippen LogP contribution in [0.1, 0.15) is 173 Å². The topological polar surface area (TPSA) is 27.7 Å². The largest absolute Gasteiger partial charge is 0.640 e. The Morgan fingerprint density at radius 1 is 0.275 bits per heavy atom. The fourth-order valence-electron chi connectivity index (χ4n) is 10.7. The van der Waals surface area contributed by atoms with Crippen molar-refractivity contribution in [1.29, 1.82) is 0 Å². The molecule has 0 amide bonds. The van der Waals surface area contributed by atoms with Gasteiger partial charge in [0, 0.05) is 18.3 Å². The number of hydrogen-bond donors (Lipinski definition) is 0. The van der Waals surface area contributed by atoms with Crippen LogP contribution in [0.25, 0.3) is 0 Å². The molecule has 6 unspecified atom stereocenters. The van der Waals surface area contributed by atoms with Crippen molar-refractivity contribution in [2.45, 2.75) is 192 Å². The number of rotatable bonds is 9. The molecule has 0 heterocycles. The Hall–Kier alpha value is -0.0551. The summed E-state index contributed by atoms with van der Waals surface area (Å²) in [4.78, 5) is 0.